The van der Waals surface area contributed by atoms with Gasteiger partial charge in [0.25, 0.3) is 0 Å². The quantitative estimate of drug-likeness (QED) is 0.841. The van der Waals surface area contributed by atoms with Crippen LogP contribution in [0.25, 0.3) is 0 Å². The number of rotatable bonds is 2. The summed E-state index contributed by atoms with van der Waals surface area (Å²) in [7, 11) is 0. The zero-order valence-corrected chi connectivity index (χ0v) is 11.9. The summed E-state index contributed by atoms with van der Waals surface area (Å²) in [5.41, 5.74) is 1.83. The molecule has 20 heavy (non-hydrogen) atoms. The molecular formula is C16H13NO2S. The van der Waals surface area contributed by atoms with Gasteiger partial charge < -0.3 is 9.47 Å². The highest BCUT2D eigenvalue weighted by atomic mass is 32.2. The molecule has 2 aromatic rings. The van der Waals surface area contributed by atoms with Crippen molar-refractivity contribution in [2.75, 3.05) is 13.2 Å². The topological polar surface area (TPSA) is 42.2 Å². The molecule has 0 N–H and O–H groups in total. The van der Waals surface area contributed by atoms with E-state index >= 15 is 0 Å². The van der Waals surface area contributed by atoms with Gasteiger partial charge in [-0.05, 0) is 42.8 Å². The Morgan fingerprint density at radius 1 is 1.05 bits per heavy atom. The van der Waals surface area contributed by atoms with Crippen molar-refractivity contribution in [3.63, 3.8) is 0 Å². The van der Waals surface area contributed by atoms with E-state index in [0.29, 0.717) is 18.8 Å². The third-order valence-corrected chi connectivity index (χ3v) is 4.05. The second-order valence-electron chi connectivity index (χ2n) is 4.52. The van der Waals surface area contributed by atoms with E-state index in [4.69, 9.17) is 9.47 Å². The van der Waals surface area contributed by atoms with Crippen molar-refractivity contribution in [3.8, 4) is 17.6 Å². The standard InChI is InChI=1S/C16H13NO2S/c1-11-2-3-12(10-17)16(8-11)20-13-4-5-14-15(9-13)19-7-6-18-14/h2-5,8-9H,6-7H2,1H3. The van der Waals surface area contributed by atoms with Crippen LogP contribution in [0.4, 0.5) is 0 Å². The highest BCUT2D eigenvalue weighted by Crippen LogP contribution is 2.37. The molecule has 1 aliphatic heterocycles. The zero-order chi connectivity index (χ0) is 13.9. The first-order chi connectivity index (χ1) is 9.76. The molecule has 4 heteroatoms. The molecule has 0 fully saturated rings. The summed E-state index contributed by atoms with van der Waals surface area (Å²) in [6, 6.07) is 13.9. The lowest BCUT2D eigenvalue weighted by Gasteiger charge is -2.18. The molecule has 0 amide bonds. The Labute approximate surface area is 122 Å². The molecule has 3 nitrogen and oxygen atoms in total. The van der Waals surface area contributed by atoms with E-state index in [1.54, 1.807) is 11.8 Å². The number of hydrogen-bond donors (Lipinski definition) is 0. The molecule has 0 aromatic heterocycles. The lowest BCUT2D eigenvalue weighted by Crippen LogP contribution is -2.15. The van der Waals surface area contributed by atoms with Crippen molar-refractivity contribution in [2.24, 2.45) is 0 Å². The largest absolute Gasteiger partial charge is 0.486 e. The number of hydrogen-bond acceptors (Lipinski definition) is 4. The SMILES string of the molecule is Cc1ccc(C#N)c(Sc2ccc3c(c2)OCCO3)c1. The van der Waals surface area contributed by atoms with Crippen molar-refractivity contribution in [1.82, 2.24) is 0 Å². The first-order valence-electron chi connectivity index (χ1n) is 6.34. The fraction of sp³-hybridized carbons (Fsp3) is 0.188. The van der Waals surface area contributed by atoms with Gasteiger partial charge in [0.15, 0.2) is 11.5 Å². The second-order valence-corrected chi connectivity index (χ2v) is 5.63. The van der Waals surface area contributed by atoms with Crippen molar-refractivity contribution >= 4 is 11.8 Å². The Morgan fingerprint density at radius 2 is 1.85 bits per heavy atom. The minimum absolute atomic E-state index is 0.578. The van der Waals surface area contributed by atoms with Crippen LogP contribution in [0.3, 0.4) is 0 Å². The van der Waals surface area contributed by atoms with Crippen LogP contribution >= 0.6 is 11.8 Å². The van der Waals surface area contributed by atoms with Crippen LogP contribution in [0.5, 0.6) is 11.5 Å². The third kappa shape index (κ3) is 2.59. The highest BCUT2D eigenvalue weighted by Gasteiger charge is 2.13. The number of aryl methyl sites for hydroxylation is 1. The summed E-state index contributed by atoms with van der Waals surface area (Å²) in [6.07, 6.45) is 0. The number of ether oxygens (including phenoxy) is 2. The monoisotopic (exact) mass is 283 g/mol. The summed E-state index contributed by atoms with van der Waals surface area (Å²) in [5, 5.41) is 9.17. The van der Waals surface area contributed by atoms with Crippen LogP contribution < -0.4 is 9.47 Å². The molecular weight excluding hydrogens is 270 g/mol. The van der Waals surface area contributed by atoms with Crippen LogP contribution in [0.15, 0.2) is 46.2 Å². The predicted molar refractivity (Wildman–Crippen MR) is 77.4 cm³/mol. The van der Waals surface area contributed by atoms with Gasteiger partial charge in [-0.3, -0.25) is 0 Å². The average Bonchev–Trinajstić information content (AvgIpc) is 2.47. The lowest BCUT2D eigenvalue weighted by atomic mass is 10.2. The van der Waals surface area contributed by atoms with Crippen LogP contribution in [0, 0.1) is 18.3 Å². The Hall–Kier alpha value is -2.12. The van der Waals surface area contributed by atoms with Gasteiger partial charge in [-0.2, -0.15) is 5.26 Å². The molecule has 1 heterocycles. The molecule has 3 rings (SSSR count). The van der Waals surface area contributed by atoms with Gasteiger partial charge in [0.05, 0.1) is 5.56 Å². The van der Waals surface area contributed by atoms with Crippen molar-refractivity contribution in [3.05, 3.63) is 47.5 Å². The van der Waals surface area contributed by atoms with Gasteiger partial charge in [-0.15, -0.1) is 0 Å². The van der Waals surface area contributed by atoms with Crippen molar-refractivity contribution < 1.29 is 9.47 Å². The summed E-state index contributed by atoms with van der Waals surface area (Å²) in [4.78, 5) is 2.00. The van der Waals surface area contributed by atoms with Crippen LogP contribution in [0.2, 0.25) is 0 Å². The molecule has 1 aliphatic rings. The minimum atomic E-state index is 0.578. The Balaban J connectivity index is 1.92. The maximum absolute atomic E-state index is 9.17. The van der Waals surface area contributed by atoms with E-state index in [2.05, 4.69) is 6.07 Å². The number of nitriles is 1. The summed E-state index contributed by atoms with van der Waals surface area (Å²) < 4.78 is 11.1. The van der Waals surface area contributed by atoms with Crippen molar-refractivity contribution in [1.29, 1.82) is 5.26 Å². The molecule has 0 saturated carbocycles. The van der Waals surface area contributed by atoms with Gasteiger partial charge in [0, 0.05) is 9.79 Å². The van der Waals surface area contributed by atoms with Gasteiger partial charge >= 0.3 is 0 Å². The normalized spacial score (nSPS) is 12.8. The third-order valence-electron chi connectivity index (χ3n) is 3.00. The van der Waals surface area contributed by atoms with E-state index < -0.39 is 0 Å². The highest BCUT2D eigenvalue weighted by molar-refractivity contribution is 7.99. The van der Waals surface area contributed by atoms with E-state index in [9.17, 15) is 5.26 Å². The Morgan fingerprint density at radius 3 is 2.65 bits per heavy atom. The molecule has 100 valence electrons. The zero-order valence-electron chi connectivity index (χ0n) is 11.1. The maximum Gasteiger partial charge on any atom is 0.162 e. The summed E-state index contributed by atoms with van der Waals surface area (Å²) in [5.74, 6) is 1.55. The molecule has 0 unspecified atom stereocenters. The predicted octanol–water partition coefficient (Wildman–Crippen LogP) is 3.79. The second kappa shape index (κ2) is 5.48. The Kier molecular flexibility index (Phi) is 3.53. The van der Waals surface area contributed by atoms with E-state index in [-0.39, 0.29) is 0 Å². The smallest absolute Gasteiger partial charge is 0.162 e. The molecule has 0 atom stereocenters. The van der Waals surface area contributed by atoms with E-state index in [0.717, 1.165) is 26.9 Å². The van der Waals surface area contributed by atoms with Crippen molar-refractivity contribution in [2.45, 2.75) is 16.7 Å². The molecule has 0 aliphatic carbocycles. The molecule has 0 saturated heterocycles. The van der Waals surface area contributed by atoms with Gasteiger partial charge in [0.2, 0.25) is 0 Å². The average molecular weight is 283 g/mol. The molecule has 0 radical (unpaired) electrons. The number of nitrogens with zero attached hydrogens (tertiary/aromatic N) is 1. The van der Waals surface area contributed by atoms with Crippen LogP contribution in [0.1, 0.15) is 11.1 Å². The minimum Gasteiger partial charge on any atom is -0.486 e. The fourth-order valence-corrected chi connectivity index (χ4v) is 3.04. The maximum atomic E-state index is 9.17. The van der Waals surface area contributed by atoms with Gasteiger partial charge in [-0.25, -0.2) is 0 Å². The van der Waals surface area contributed by atoms with E-state index in [1.165, 1.54) is 0 Å². The molecule has 0 spiro atoms. The van der Waals surface area contributed by atoms with E-state index in [1.807, 2.05) is 43.3 Å². The number of fused-ring (bicyclic) bond motifs is 1. The number of benzene rings is 2. The van der Waals surface area contributed by atoms with Crippen LogP contribution in [-0.2, 0) is 0 Å². The Bertz CT molecular complexity index is 691. The fourth-order valence-electron chi connectivity index (χ4n) is 2.02. The lowest BCUT2D eigenvalue weighted by molar-refractivity contribution is 0.171. The van der Waals surface area contributed by atoms with Crippen LogP contribution in [-0.4, -0.2) is 13.2 Å². The molecule has 0 bridgehead atoms. The molecule has 2 aromatic carbocycles. The van der Waals surface area contributed by atoms with Gasteiger partial charge in [0.1, 0.15) is 19.3 Å². The summed E-state index contributed by atoms with van der Waals surface area (Å²) >= 11 is 1.57. The van der Waals surface area contributed by atoms with Gasteiger partial charge in [-0.1, -0.05) is 17.8 Å². The first-order valence-corrected chi connectivity index (χ1v) is 7.16. The first kappa shape index (κ1) is 12.9. The summed E-state index contributed by atoms with van der Waals surface area (Å²) in [6.45, 7) is 3.19.